The Hall–Kier alpha value is -4.11. The number of aryl methyl sites for hydroxylation is 3. The molecule has 0 aliphatic rings. The van der Waals surface area contributed by atoms with Crippen LogP contribution in [0.25, 0.3) is 11.0 Å². The summed E-state index contributed by atoms with van der Waals surface area (Å²) in [5.41, 5.74) is 2.41. The van der Waals surface area contributed by atoms with Crippen LogP contribution in [0.1, 0.15) is 70.6 Å². The first-order valence-electron chi connectivity index (χ1n) is 14.4. The van der Waals surface area contributed by atoms with Crippen LogP contribution in [0, 0.1) is 27.7 Å². The molecule has 0 radical (unpaired) electrons. The van der Waals surface area contributed by atoms with Gasteiger partial charge in [0.2, 0.25) is 11.2 Å². The molecule has 0 atom stereocenters. The summed E-state index contributed by atoms with van der Waals surface area (Å²) in [6, 6.07) is 13.0. The van der Waals surface area contributed by atoms with Gasteiger partial charge in [0.1, 0.15) is 18.0 Å². The minimum atomic E-state index is -5.04. The fourth-order valence-corrected chi connectivity index (χ4v) is 5.15. The van der Waals surface area contributed by atoms with Gasteiger partial charge in [0, 0.05) is 0 Å². The van der Waals surface area contributed by atoms with Gasteiger partial charge in [-0.3, -0.25) is 4.79 Å². The molecule has 228 valence electrons. The summed E-state index contributed by atoms with van der Waals surface area (Å²) in [7, 11) is 0. The molecule has 0 amide bonds. The molecule has 0 fully saturated rings. The third-order valence-corrected chi connectivity index (χ3v) is 7.44. The lowest BCUT2D eigenvalue weighted by molar-refractivity contribution is -0.913. The van der Waals surface area contributed by atoms with Crippen molar-refractivity contribution in [1.82, 2.24) is 0 Å². The lowest BCUT2D eigenvalue weighted by atomic mass is 10.1. The minimum absolute atomic E-state index is 0.0397. The Labute approximate surface area is 249 Å². The predicted octanol–water partition coefficient (Wildman–Crippen LogP) is 7.26. The smallest absolute Gasteiger partial charge is 0.449 e. The highest BCUT2D eigenvalue weighted by Gasteiger charge is 2.41. The first kappa shape index (κ1) is 31.8. The number of alkyl halides is 3. The van der Waals surface area contributed by atoms with E-state index in [1.54, 1.807) is 44.2 Å². The Bertz CT molecular complexity index is 1680. The first-order chi connectivity index (χ1) is 20.3. The molecular weight excluding hydrogens is 559 g/mol. The van der Waals surface area contributed by atoms with E-state index >= 15 is 0 Å². The van der Waals surface area contributed by atoms with E-state index in [4.69, 9.17) is 13.9 Å². The number of carbonyl (C=O) groups is 1. The Morgan fingerprint density at radius 3 is 2.14 bits per heavy atom. The number of hydrogen-bond acceptors (Lipinski definition) is 5. The molecule has 0 aliphatic carbocycles. The summed E-state index contributed by atoms with van der Waals surface area (Å²) < 4.78 is 60.6. The molecule has 1 aromatic heterocycles. The number of benzene rings is 3. The van der Waals surface area contributed by atoms with Crippen molar-refractivity contribution in [3.05, 3.63) is 97.9 Å². The molecule has 0 saturated carbocycles. The predicted molar refractivity (Wildman–Crippen MR) is 159 cm³/mol. The van der Waals surface area contributed by atoms with Crippen LogP contribution in [-0.2, 0) is 12.7 Å². The molecule has 0 saturated heterocycles. The van der Waals surface area contributed by atoms with Crippen LogP contribution < -0.4 is 19.8 Å². The number of fused-ring (bicyclic) bond motifs is 1. The summed E-state index contributed by atoms with van der Waals surface area (Å²) in [6.07, 6.45) is -3.39. The van der Waals surface area contributed by atoms with Gasteiger partial charge in [0.05, 0.1) is 29.6 Å². The van der Waals surface area contributed by atoms with Crippen LogP contribution >= 0.6 is 0 Å². The zero-order chi connectivity index (χ0) is 31.5. The van der Waals surface area contributed by atoms with Crippen LogP contribution in [-0.4, -0.2) is 19.1 Å². The van der Waals surface area contributed by atoms with Crippen molar-refractivity contribution in [2.24, 2.45) is 0 Å². The standard InChI is InChI=1S/C34H36F3NO5/c1-7-15-38(16-8-2)19-26-27(42-33(40)24-11-9-20(3)10-12-24)14-13-25-29(39)31(32(34(35,36)37)43-30(25)26)41-28-18-21(4)17-22(5)23(28)6/h9-14,17-18H,7-8,15-16,19H2,1-6H3/p+1. The van der Waals surface area contributed by atoms with Crippen molar-refractivity contribution in [2.45, 2.75) is 67.1 Å². The van der Waals surface area contributed by atoms with Gasteiger partial charge >= 0.3 is 12.1 Å². The molecule has 9 heteroatoms. The van der Waals surface area contributed by atoms with E-state index in [9.17, 15) is 22.8 Å². The SMILES string of the molecule is CCC[NH+](CCC)Cc1c(OC(=O)c2ccc(C)cc2)ccc2c(=O)c(Oc3cc(C)cc(C)c3C)c(C(F)(F)F)oc12. The zero-order valence-electron chi connectivity index (χ0n) is 25.3. The second-order valence-corrected chi connectivity index (χ2v) is 11.0. The maximum atomic E-state index is 14.5. The second kappa shape index (κ2) is 13.0. The fourth-order valence-electron chi connectivity index (χ4n) is 5.15. The van der Waals surface area contributed by atoms with Crippen molar-refractivity contribution >= 4 is 16.9 Å². The number of quaternary nitrogens is 1. The molecule has 0 spiro atoms. The Balaban J connectivity index is 1.94. The van der Waals surface area contributed by atoms with Gasteiger partial charge in [-0.15, -0.1) is 0 Å². The van der Waals surface area contributed by atoms with Crippen LogP contribution in [0.2, 0.25) is 0 Å². The van der Waals surface area contributed by atoms with E-state index in [1.165, 1.54) is 12.1 Å². The maximum Gasteiger partial charge on any atom is 0.453 e. The minimum Gasteiger partial charge on any atom is -0.449 e. The van der Waals surface area contributed by atoms with E-state index in [0.717, 1.165) is 47.5 Å². The normalized spacial score (nSPS) is 11.8. The lowest BCUT2D eigenvalue weighted by Gasteiger charge is -2.21. The summed E-state index contributed by atoms with van der Waals surface area (Å²) >= 11 is 0. The number of esters is 1. The van der Waals surface area contributed by atoms with Crippen molar-refractivity contribution < 1.29 is 36.8 Å². The average Bonchev–Trinajstić information content (AvgIpc) is 2.93. The molecule has 4 rings (SSSR count). The van der Waals surface area contributed by atoms with Gasteiger partial charge in [-0.25, -0.2) is 4.79 Å². The van der Waals surface area contributed by atoms with E-state index in [0.29, 0.717) is 5.56 Å². The number of ether oxygens (including phenoxy) is 2. The van der Waals surface area contributed by atoms with Gasteiger partial charge in [-0.1, -0.05) is 37.6 Å². The Kier molecular flexibility index (Phi) is 9.65. The summed E-state index contributed by atoms with van der Waals surface area (Å²) in [6.45, 7) is 12.9. The van der Waals surface area contributed by atoms with Gasteiger partial charge < -0.3 is 18.8 Å². The van der Waals surface area contributed by atoms with E-state index in [-0.39, 0.29) is 40.1 Å². The van der Waals surface area contributed by atoms with Gasteiger partial charge in [0.25, 0.3) is 5.76 Å². The zero-order valence-corrected chi connectivity index (χ0v) is 25.3. The van der Waals surface area contributed by atoms with Crippen molar-refractivity contribution in [3.8, 4) is 17.2 Å². The molecule has 1 heterocycles. The van der Waals surface area contributed by atoms with E-state index in [2.05, 4.69) is 0 Å². The highest BCUT2D eigenvalue weighted by Crippen LogP contribution is 2.41. The summed E-state index contributed by atoms with van der Waals surface area (Å²) in [5, 5.41) is -0.0949. The Morgan fingerprint density at radius 1 is 0.884 bits per heavy atom. The van der Waals surface area contributed by atoms with Gasteiger partial charge in [-0.05, 0) is 87.6 Å². The fraction of sp³-hybridized carbons (Fsp3) is 0.353. The molecule has 3 aromatic carbocycles. The molecular formula is C34H37F3NO5+. The van der Waals surface area contributed by atoms with Crippen molar-refractivity contribution in [1.29, 1.82) is 0 Å². The number of carbonyl (C=O) groups excluding carboxylic acids is 1. The number of nitrogens with one attached hydrogen (secondary N) is 1. The second-order valence-electron chi connectivity index (χ2n) is 11.0. The van der Waals surface area contributed by atoms with Gasteiger partial charge in [-0.2, -0.15) is 13.2 Å². The van der Waals surface area contributed by atoms with Crippen LogP contribution in [0.5, 0.6) is 17.2 Å². The third kappa shape index (κ3) is 7.10. The first-order valence-corrected chi connectivity index (χ1v) is 14.4. The third-order valence-electron chi connectivity index (χ3n) is 7.44. The number of halogens is 3. The van der Waals surface area contributed by atoms with Crippen molar-refractivity contribution in [2.75, 3.05) is 13.1 Å². The molecule has 43 heavy (non-hydrogen) atoms. The quantitative estimate of drug-likeness (QED) is 0.154. The molecule has 1 N–H and O–H groups in total. The molecule has 4 aromatic rings. The number of rotatable bonds is 10. The molecule has 0 unspecified atom stereocenters. The maximum absolute atomic E-state index is 14.5. The van der Waals surface area contributed by atoms with Crippen molar-refractivity contribution in [3.63, 3.8) is 0 Å². The van der Waals surface area contributed by atoms with E-state index < -0.39 is 29.1 Å². The van der Waals surface area contributed by atoms with Crippen LogP contribution in [0.15, 0.2) is 57.7 Å². The highest BCUT2D eigenvalue weighted by atomic mass is 19.4. The van der Waals surface area contributed by atoms with Crippen LogP contribution in [0.3, 0.4) is 0 Å². The summed E-state index contributed by atoms with van der Waals surface area (Å²) in [5.74, 6) is -2.97. The largest absolute Gasteiger partial charge is 0.453 e. The highest BCUT2D eigenvalue weighted by molar-refractivity contribution is 5.92. The lowest BCUT2D eigenvalue weighted by Crippen LogP contribution is -3.10. The number of hydrogen-bond donors (Lipinski definition) is 1. The summed E-state index contributed by atoms with van der Waals surface area (Å²) in [4.78, 5) is 27.9. The monoisotopic (exact) mass is 596 g/mol. The molecule has 0 aliphatic heterocycles. The van der Waals surface area contributed by atoms with Crippen LogP contribution in [0.4, 0.5) is 13.2 Å². The Morgan fingerprint density at radius 2 is 1.53 bits per heavy atom. The van der Waals surface area contributed by atoms with Gasteiger partial charge in [0.15, 0.2) is 5.58 Å². The van der Waals surface area contributed by atoms with E-state index in [1.807, 2.05) is 33.8 Å². The molecule has 0 bridgehead atoms. The topological polar surface area (TPSA) is 70.2 Å². The molecule has 6 nitrogen and oxygen atoms in total. The average molecular weight is 597 g/mol.